The number of allylic oxidation sites excluding steroid dienone is 7. The SMILES string of the molecule is CCCCC1=C(C2=Cc3ccccc3C2=C(C)C)CC=C1. The Hall–Kier alpha value is -1.82. The van der Waals surface area contributed by atoms with Crippen molar-refractivity contribution in [3.63, 3.8) is 0 Å². The number of hydrogen-bond donors (Lipinski definition) is 0. The van der Waals surface area contributed by atoms with Gasteiger partial charge in [-0.1, -0.05) is 55.3 Å². The first-order chi connectivity index (χ1) is 10.2. The Balaban J connectivity index is 2.06. The van der Waals surface area contributed by atoms with Gasteiger partial charge in [0.2, 0.25) is 0 Å². The molecular formula is C21H24. The summed E-state index contributed by atoms with van der Waals surface area (Å²) in [5, 5.41) is 0. The molecule has 1 aromatic rings. The Kier molecular flexibility index (Phi) is 3.96. The summed E-state index contributed by atoms with van der Waals surface area (Å²) in [6, 6.07) is 8.79. The molecular weight excluding hydrogens is 252 g/mol. The molecule has 0 nitrogen and oxygen atoms in total. The van der Waals surface area contributed by atoms with Gasteiger partial charge in [-0.3, -0.25) is 0 Å². The molecule has 2 aliphatic carbocycles. The Morgan fingerprint density at radius 2 is 1.95 bits per heavy atom. The molecule has 0 bridgehead atoms. The van der Waals surface area contributed by atoms with Crippen LogP contribution < -0.4 is 0 Å². The standard InChI is InChI=1S/C21H24/c1-4-5-9-16-11-8-13-18(16)20-14-17-10-6-7-12-19(17)21(20)15(2)3/h6-8,10-12,14H,4-5,9,13H2,1-3H3. The van der Waals surface area contributed by atoms with Crippen LogP contribution >= 0.6 is 0 Å². The Morgan fingerprint density at radius 1 is 1.14 bits per heavy atom. The van der Waals surface area contributed by atoms with Crippen LogP contribution in [0.5, 0.6) is 0 Å². The van der Waals surface area contributed by atoms with E-state index < -0.39 is 0 Å². The first-order valence-corrected chi connectivity index (χ1v) is 8.10. The van der Waals surface area contributed by atoms with Crippen molar-refractivity contribution in [1.29, 1.82) is 0 Å². The summed E-state index contributed by atoms with van der Waals surface area (Å²) >= 11 is 0. The van der Waals surface area contributed by atoms with Crippen LogP contribution in [0.4, 0.5) is 0 Å². The lowest BCUT2D eigenvalue weighted by Crippen LogP contribution is -1.94. The molecule has 0 radical (unpaired) electrons. The van der Waals surface area contributed by atoms with Gasteiger partial charge in [0.25, 0.3) is 0 Å². The van der Waals surface area contributed by atoms with Gasteiger partial charge in [-0.25, -0.2) is 0 Å². The van der Waals surface area contributed by atoms with Gasteiger partial charge in [-0.15, -0.1) is 0 Å². The lowest BCUT2D eigenvalue weighted by molar-refractivity contribution is 0.795. The molecule has 0 aliphatic heterocycles. The molecule has 0 heterocycles. The predicted octanol–water partition coefficient (Wildman–Crippen LogP) is 6.32. The molecule has 21 heavy (non-hydrogen) atoms. The number of benzene rings is 1. The largest absolute Gasteiger partial charge is 0.0798 e. The minimum absolute atomic E-state index is 1.09. The van der Waals surface area contributed by atoms with Crippen molar-refractivity contribution in [3.05, 3.63) is 69.8 Å². The van der Waals surface area contributed by atoms with E-state index in [0.717, 1.165) is 6.42 Å². The third kappa shape index (κ3) is 2.55. The van der Waals surface area contributed by atoms with Crippen LogP contribution in [0.3, 0.4) is 0 Å². The number of unbranched alkanes of at least 4 members (excludes halogenated alkanes) is 1. The molecule has 3 rings (SSSR count). The average molecular weight is 276 g/mol. The summed E-state index contributed by atoms with van der Waals surface area (Å²) in [6.07, 6.45) is 11.9. The zero-order valence-electron chi connectivity index (χ0n) is 13.4. The van der Waals surface area contributed by atoms with E-state index >= 15 is 0 Å². The van der Waals surface area contributed by atoms with E-state index in [1.807, 2.05) is 0 Å². The third-order valence-corrected chi connectivity index (χ3v) is 4.45. The topological polar surface area (TPSA) is 0 Å². The lowest BCUT2D eigenvalue weighted by Gasteiger charge is -2.14. The molecule has 0 spiro atoms. The van der Waals surface area contributed by atoms with Crippen molar-refractivity contribution in [2.45, 2.75) is 46.5 Å². The van der Waals surface area contributed by atoms with Crippen molar-refractivity contribution in [1.82, 2.24) is 0 Å². The monoisotopic (exact) mass is 276 g/mol. The normalized spacial score (nSPS) is 16.5. The van der Waals surface area contributed by atoms with Gasteiger partial charge < -0.3 is 0 Å². The maximum atomic E-state index is 2.39. The maximum Gasteiger partial charge on any atom is -0.00853 e. The summed E-state index contributed by atoms with van der Waals surface area (Å²) in [7, 11) is 0. The van der Waals surface area contributed by atoms with Crippen LogP contribution in [0.15, 0.2) is 58.7 Å². The average Bonchev–Trinajstić information content (AvgIpc) is 3.08. The summed E-state index contributed by atoms with van der Waals surface area (Å²) in [5.74, 6) is 0. The fraction of sp³-hybridized carbons (Fsp3) is 0.333. The van der Waals surface area contributed by atoms with E-state index in [0.29, 0.717) is 0 Å². The molecule has 0 saturated carbocycles. The fourth-order valence-corrected chi connectivity index (χ4v) is 3.44. The number of fused-ring (bicyclic) bond motifs is 1. The molecule has 0 amide bonds. The van der Waals surface area contributed by atoms with Gasteiger partial charge >= 0.3 is 0 Å². The molecule has 0 fully saturated rings. The van der Waals surface area contributed by atoms with Crippen molar-refractivity contribution in [2.75, 3.05) is 0 Å². The summed E-state index contributed by atoms with van der Waals surface area (Å²) in [5.41, 5.74) is 10.2. The highest BCUT2D eigenvalue weighted by molar-refractivity contribution is 5.99. The van der Waals surface area contributed by atoms with Crippen molar-refractivity contribution < 1.29 is 0 Å². The molecule has 0 aromatic heterocycles. The highest BCUT2D eigenvalue weighted by atomic mass is 14.3. The van der Waals surface area contributed by atoms with Crippen LogP contribution in [0, 0.1) is 0 Å². The second-order valence-corrected chi connectivity index (χ2v) is 6.23. The van der Waals surface area contributed by atoms with Crippen LogP contribution in [0.2, 0.25) is 0 Å². The quantitative estimate of drug-likeness (QED) is 0.603. The van der Waals surface area contributed by atoms with E-state index in [1.54, 1.807) is 11.1 Å². The summed E-state index contributed by atoms with van der Waals surface area (Å²) in [6.45, 7) is 6.74. The molecule has 0 atom stereocenters. The zero-order valence-corrected chi connectivity index (χ0v) is 13.4. The zero-order chi connectivity index (χ0) is 14.8. The van der Waals surface area contributed by atoms with E-state index in [4.69, 9.17) is 0 Å². The minimum Gasteiger partial charge on any atom is -0.0798 e. The van der Waals surface area contributed by atoms with E-state index in [9.17, 15) is 0 Å². The van der Waals surface area contributed by atoms with Gasteiger partial charge in [0.15, 0.2) is 0 Å². The van der Waals surface area contributed by atoms with Gasteiger partial charge in [0.05, 0.1) is 0 Å². The number of hydrogen-bond acceptors (Lipinski definition) is 0. The fourth-order valence-electron chi connectivity index (χ4n) is 3.44. The molecule has 0 heteroatoms. The molecule has 1 aromatic carbocycles. The second kappa shape index (κ2) is 5.89. The predicted molar refractivity (Wildman–Crippen MR) is 93.0 cm³/mol. The maximum absolute atomic E-state index is 2.39. The molecule has 2 aliphatic rings. The Morgan fingerprint density at radius 3 is 2.71 bits per heavy atom. The Labute approximate surface area is 128 Å². The first-order valence-electron chi connectivity index (χ1n) is 8.10. The van der Waals surface area contributed by atoms with Gasteiger partial charge in [-0.05, 0) is 72.6 Å². The van der Waals surface area contributed by atoms with Gasteiger partial charge in [0.1, 0.15) is 0 Å². The highest BCUT2D eigenvalue weighted by Crippen LogP contribution is 2.44. The molecule has 0 saturated heterocycles. The van der Waals surface area contributed by atoms with E-state index in [-0.39, 0.29) is 0 Å². The highest BCUT2D eigenvalue weighted by Gasteiger charge is 2.24. The van der Waals surface area contributed by atoms with Gasteiger partial charge in [-0.2, -0.15) is 0 Å². The van der Waals surface area contributed by atoms with Crippen molar-refractivity contribution in [3.8, 4) is 0 Å². The third-order valence-electron chi connectivity index (χ3n) is 4.45. The van der Waals surface area contributed by atoms with E-state index in [1.165, 1.54) is 47.1 Å². The van der Waals surface area contributed by atoms with Crippen molar-refractivity contribution >= 4 is 11.6 Å². The molecule has 0 unspecified atom stereocenters. The smallest absolute Gasteiger partial charge is 0.00853 e. The van der Waals surface area contributed by atoms with Crippen molar-refractivity contribution in [2.24, 2.45) is 0 Å². The molecule has 0 N–H and O–H groups in total. The van der Waals surface area contributed by atoms with E-state index in [2.05, 4.69) is 63.3 Å². The van der Waals surface area contributed by atoms with Crippen LogP contribution in [-0.4, -0.2) is 0 Å². The molecule has 108 valence electrons. The van der Waals surface area contributed by atoms with Gasteiger partial charge in [0, 0.05) is 0 Å². The number of rotatable bonds is 4. The first kappa shape index (κ1) is 14.1. The van der Waals surface area contributed by atoms with Crippen LogP contribution in [0.25, 0.3) is 11.6 Å². The van der Waals surface area contributed by atoms with Crippen LogP contribution in [0.1, 0.15) is 57.6 Å². The summed E-state index contributed by atoms with van der Waals surface area (Å²) in [4.78, 5) is 0. The lowest BCUT2D eigenvalue weighted by atomic mass is 9.90. The minimum atomic E-state index is 1.09. The summed E-state index contributed by atoms with van der Waals surface area (Å²) < 4.78 is 0. The second-order valence-electron chi connectivity index (χ2n) is 6.23. The Bertz CT molecular complexity index is 674. The van der Waals surface area contributed by atoms with Crippen LogP contribution in [-0.2, 0) is 0 Å².